The Kier molecular flexibility index (Phi) is 7.43. The van der Waals surface area contributed by atoms with Gasteiger partial charge in [0, 0.05) is 26.2 Å². The Morgan fingerprint density at radius 2 is 1.60 bits per heavy atom. The SMILES string of the molecule is Cc1ccc(CC(=O)N2CCN(CC(=O)NNC(=O)c3ccccc3Cl)CC2)cc1. The molecule has 2 aromatic rings. The summed E-state index contributed by atoms with van der Waals surface area (Å²) < 4.78 is 0. The topological polar surface area (TPSA) is 81.8 Å². The number of halogens is 1. The van der Waals surface area contributed by atoms with Crippen LogP contribution in [0.25, 0.3) is 0 Å². The predicted octanol–water partition coefficient (Wildman–Crippen LogP) is 1.80. The van der Waals surface area contributed by atoms with Gasteiger partial charge in [0.1, 0.15) is 0 Å². The van der Waals surface area contributed by atoms with Crippen LogP contribution >= 0.6 is 11.6 Å². The maximum Gasteiger partial charge on any atom is 0.271 e. The summed E-state index contributed by atoms with van der Waals surface area (Å²) in [5.41, 5.74) is 7.24. The maximum atomic E-state index is 12.5. The average molecular weight is 429 g/mol. The summed E-state index contributed by atoms with van der Waals surface area (Å²) >= 11 is 5.97. The molecule has 3 amide bonds. The van der Waals surface area contributed by atoms with Crippen LogP contribution in [-0.2, 0) is 16.0 Å². The van der Waals surface area contributed by atoms with E-state index in [-0.39, 0.29) is 18.4 Å². The van der Waals surface area contributed by atoms with E-state index in [1.165, 1.54) is 5.56 Å². The zero-order valence-electron chi connectivity index (χ0n) is 16.9. The maximum absolute atomic E-state index is 12.5. The van der Waals surface area contributed by atoms with Crippen molar-refractivity contribution in [1.29, 1.82) is 0 Å². The van der Waals surface area contributed by atoms with Crippen LogP contribution in [-0.4, -0.2) is 60.2 Å². The number of rotatable bonds is 5. The first-order chi connectivity index (χ1) is 14.4. The van der Waals surface area contributed by atoms with E-state index in [1.54, 1.807) is 24.3 Å². The van der Waals surface area contributed by atoms with Crippen LogP contribution in [0, 0.1) is 6.92 Å². The van der Waals surface area contributed by atoms with Crippen molar-refractivity contribution in [2.24, 2.45) is 0 Å². The minimum atomic E-state index is -0.472. The predicted molar refractivity (Wildman–Crippen MR) is 115 cm³/mol. The molecule has 0 spiro atoms. The molecular formula is C22H25ClN4O3. The first-order valence-electron chi connectivity index (χ1n) is 9.82. The van der Waals surface area contributed by atoms with Crippen molar-refractivity contribution in [1.82, 2.24) is 20.7 Å². The van der Waals surface area contributed by atoms with E-state index < -0.39 is 5.91 Å². The van der Waals surface area contributed by atoms with Crippen molar-refractivity contribution in [3.05, 3.63) is 70.2 Å². The molecule has 8 heteroatoms. The summed E-state index contributed by atoms with van der Waals surface area (Å²) in [6.45, 7) is 4.51. The molecular weight excluding hydrogens is 404 g/mol. The minimum Gasteiger partial charge on any atom is -0.340 e. The number of amides is 3. The zero-order chi connectivity index (χ0) is 21.5. The summed E-state index contributed by atoms with van der Waals surface area (Å²) in [5, 5.41) is 0.315. The van der Waals surface area contributed by atoms with Gasteiger partial charge in [-0.3, -0.25) is 30.1 Å². The van der Waals surface area contributed by atoms with E-state index in [9.17, 15) is 14.4 Å². The van der Waals surface area contributed by atoms with Crippen molar-refractivity contribution >= 4 is 29.3 Å². The van der Waals surface area contributed by atoms with Crippen LogP contribution in [0.15, 0.2) is 48.5 Å². The molecule has 30 heavy (non-hydrogen) atoms. The highest BCUT2D eigenvalue weighted by Gasteiger charge is 2.22. The van der Waals surface area contributed by atoms with Gasteiger partial charge in [0.25, 0.3) is 11.8 Å². The summed E-state index contributed by atoms with van der Waals surface area (Å²) in [6, 6.07) is 14.6. The molecule has 0 atom stereocenters. The largest absolute Gasteiger partial charge is 0.340 e. The highest BCUT2D eigenvalue weighted by atomic mass is 35.5. The number of carbonyl (C=O) groups excluding carboxylic acids is 3. The molecule has 2 N–H and O–H groups in total. The highest BCUT2D eigenvalue weighted by molar-refractivity contribution is 6.33. The smallest absolute Gasteiger partial charge is 0.271 e. The Labute approximate surface area is 181 Å². The lowest BCUT2D eigenvalue weighted by molar-refractivity contribution is -0.132. The van der Waals surface area contributed by atoms with Gasteiger partial charge >= 0.3 is 0 Å². The van der Waals surface area contributed by atoms with Crippen LogP contribution < -0.4 is 10.9 Å². The van der Waals surface area contributed by atoms with Crippen LogP contribution in [0.4, 0.5) is 0 Å². The molecule has 1 saturated heterocycles. The van der Waals surface area contributed by atoms with Gasteiger partial charge in [-0.15, -0.1) is 0 Å². The Morgan fingerprint density at radius 1 is 0.933 bits per heavy atom. The van der Waals surface area contributed by atoms with Gasteiger partial charge in [0.05, 0.1) is 23.6 Å². The average Bonchev–Trinajstić information content (AvgIpc) is 2.74. The Bertz CT molecular complexity index is 909. The minimum absolute atomic E-state index is 0.0926. The lowest BCUT2D eigenvalue weighted by atomic mass is 10.1. The molecule has 158 valence electrons. The summed E-state index contributed by atoms with van der Waals surface area (Å²) in [5.74, 6) is -0.703. The van der Waals surface area contributed by atoms with Gasteiger partial charge in [0.2, 0.25) is 5.91 Å². The van der Waals surface area contributed by atoms with E-state index in [2.05, 4.69) is 10.9 Å². The molecule has 0 saturated carbocycles. The van der Waals surface area contributed by atoms with Crippen LogP contribution in [0.5, 0.6) is 0 Å². The Morgan fingerprint density at radius 3 is 2.27 bits per heavy atom. The van der Waals surface area contributed by atoms with Crippen molar-refractivity contribution in [2.75, 3.05) is 32.7 Å². The highest BCUT2D eigenvalue weighted by Crippen LogP contribution is 2.14. The van der Waals surface area contributed by atoms with Gasteiger partial charge in [0.15, 0.2) is 0 Å². The third-order valence-corrected chi connectivity index (χ3v) is 5.33. The van der Waals surface area contributed by atoms with Crippen LogP contribution in [0.3, 0.4) is 0 Å². The van der Waals surface area contributed by atoms with Crippen LogP contribution in [0.2, 0.25) is 5.02 Å². The monoisotopic (exact) mass is 428 g/mol. The zero-order valence-corrected chi connectivity index (χ0v) is 17.6. The molecule has 2 aromatic carbocycles. The number of hydrazine groups is 1. The molecule has 1 aliphatic rings. The molecule has 1 heterocycles. The second kappa shape index (κ2) is 10.2. The van der Waals surface area contributed by atoms with Crippen molar-refractivity contribution < 1.29 is 14.4 Å². The second-order valence-corrected chi connectivity index (χ2v) is 7.71. The van der Waals surface area contributed by atoms with Crippen molar-refractivity contribution in [3.63, 3.8) is 0 Å². The Balaban J connectivity index is 1.39. The number of nitrogens with one attached hydrogen (secondary N) is 2. The number of piperazine rings is 1. The molecule has 1 aliphatic heterocycles. The van der Waals surface area contributed by atoms with Gasteiger partial charge in [-0.25, -0.2) is 0 Å². The fourth-order valence-electron chi connectivity index (χ4n) is 3.23. The number of aryl methyl sites for hydroxylation is 1. The molecule has 7 nitrogen and oxygen atoms in total. The van der Waals surface area contributed by atoms with E-state index in [1.807, 2.05) is 41.0 Å². The second-order valence-electron chi connectivity index (χ2n) is 7.30. The number of benzene rings is 2. The Hall–Kier alpha value is -2.90. The molecule has 0 aliphatic carbocycles. The molecule has 0 unspecified atom stereocenters. The summed E-state index contributed by atoms with van der Waals surface area (Å²) in [6.07, 6.45) is 0.384. The fourth-order valence-corrected chi connectivity index (χ4v) is 3.45. The number of hydrogen-bond donors (Lipinski definition) is 2. The molecule has 0 aromatic heterocycles. The summed E-state index contributed by atoms with van der Waals surface area (Å²) in [4.78, 5) is 40.5. The van der Waals surface area contributed by atoms with E-state index in [4.69, 9.17) is 11.6 Å². The van der Waals surface area contributed by atoms with Gasteiger partial charge in [-0.2, -0.15) is 0 Å². The molecule has 1 fully saturated rings. The third kappa shape index (κ3) is 6.05. The van der Waals surface area contributed by atoms with Gasteiger partial charge in [-0.1, -0.05) is 53.6 Å². The number of nitrogens with zero attached hydrogens (tertiary/aromatic N) is 2. The quantitative estimate of drug-likeness (QED) is 0.711. The van der Waals surface area contributed by atoms with Crippen LogP contribution in [0.1, 0.15) is 21.5 Å². The summed E-state index contributed by atoms with van der Waals surface area (Å²) in [7, 11) is 0. The first-order valence-corrected chi connectivity index (χ1v) is 10.2. The van der Waals surface area contributed by atoms with Gasteiger partial charge < -0.3 is 4.90 Å². The molecule has 0 radical (unpaired) electrons. The number of carbonyl (C=O) groups is 3. The lowest BCUT2D eigenvalue weighted by Crippen LogP contribution is -2.53. The van der Waals surface area contributed by atoms with E-state index in [0.717, 1.165) is 5.56 Å². The lowest BCUT2D eigenvalue weighted by Gasteiger charge is -2.34. The normalized spacial score (nSPS) is 14.3. The first kappa shape index (κ1) is 21.8. The van der Waals surface area contributed by atoms with E-state index >= 15 is 0 Å². The van der Waals surface area contributed by atoms with Crippen molar-refractivity contribution in [3.8, 4) is 0 Å². The standard InChI is InChI=1S/C22H25ClN4O3/c1-16-6-8-17(9-7-16)14-21(29)27-12-10-26(11-13-27)15-20(28)24-25-22(30)18-4-2-3-5-19(18)23/h2-9H,10-15H2,1H3,(H,24,28)(H,25,30). The van der Waals surface area contributed by atoms with Gasteiger partial charge in [-0.05, 0) is 24.6 Å². The molecule has 3 rings (SSSR count). The molecule has 0 bridgehead atoms. The fraction of sp³-hybridized carbons (Fsp3) is 0.318. The van der Waals surface area contributed by atoms with Crippen molar-refractivity contribution in [2.45, 2.75) is 13.3 Å². The number of hydrogen-bond acceptors (Lipinski definition) is 4. The van der Waals surface area contributed by atoms with E-state index in [0.29, 0.717) is 43.2 Å². The third-order valence-electron chi connectivity index (χ3n) is 5.00.